The topological polar surface area (TPSA) is 62.1 Å². The first kappa shape index (κ1) is 14.6. The number of rotatable bonds is 5. The summed E-state index contributed by atoms with van der Waals surface area (Å²) >= 11 is 0. The molecule has 4 heteroatoms. The smallest absolute Gasteiger partial charge is 0.255 e. The highest BCUT2D eigenvalue weighted by atomic mass is 16.5. The molecule has 0 aliphatic heterocycles. The highest BCUT2D eigenvalue weighted by Crippen LogP contribution is 2.19. The fourth-order valence-electron chi connectivity index (χ4n) is 2.03. The third kappa shape index (κ3) is 3.83. The molecule has 0 fully saturated rings. The summed E-state index contributed by atoms with van der Waals surface area (Å²) < 4.78 is 5.22. The van der Waals surface area contributed by atoms with Crippen LogP contribution in [0.25, 0.3) is 0 Å². The standard InChI is InChI=1S/C17H16N2O2/c1-2-13-6-3-4-9-16(13)17(20)19-14-7-5-8-15(12-14)21-11-10-18/h3-9,12H,2,11H2,1H3,(H,19,20). The first-order chi connectivity index (χ1) is 10.2. The molecule has 0 saturated carbocycles. The Morgan fingerprint density at radius 3 is 2.81 bits per heavy atom. The van der Waals surface area contributed by atoms with Crippen molar-refractivity contribution in [1.82, 2.24) is 0 Å². The number of aryl methyl sites for hydroxylation is 1. The SMILES string of the molecule is CCc1ccccc1C(=O)Nc1cccc(OCC#N)c1. The van der Waals surface area contributed by atoms with Crippen molar-refractivity contribution >= 4 is 11.6 Å². The molecular formula is C17H16N2O2. The highest BCUT2D eigenvalue weighted by molar-refractivity contribution is 6.05. The number of nitriles is 1. The van der Waals surface area contributed by atoms with E-state index >= 15 is 0 Å². The zero-order valence-electron chi connectivity index (χ0n) is 11.8. The van der Waals surface area contributed by atoms with Gasteiger partial charge < -0.3 is 10.1 Å². The van der Waals surface area contributed by atoms with Crippen LogP contribution in [-0.2, 0) is 6.42 Å². The van der Waals surface area contributed by atoms with Crippen molar-refractivity contribution in [1.29, 1.82) is 5.26 Å². The molecule has 0 bridgehead atoms. The third-order valence-electron chi connectivity index (χ3n) is 3.04. The molecule has 0 heterocycles. The summed E-state index contributed by atoms with van der Waals surface area (Å²) in [5.41, 5.74) is 2.32. The minimum Gasteiger partial charge on any atom is -0.479 e. The number of hydrogen-bond donors (Lipinski definition) is 1. The Balaban J connectivity index is 2.14. The van der Waals surface area contributed by atoms with E-state index in [-0.39, 0.29) is 12.5 Å². The van der Waals surface area contributed by atoms with Crippen molar-refractivity contribution in [3.05, 3.63) is 59.7 Å². The Bertz CT molecular complexity index is 674. The van der Waals surface area contributed by atoms with Crippen LogP contribution in [-0.4, -0.2) is 12.5 Å². The van der Waals surface area contributed by atoms with Gasteiger partial charge in [-0.1, -0.05) is 31.2 Å². The van der Waals surface area contributed by atoms with E-state index in [9.17, 15) is 4.79 Å². The molecule has 1 amide bonds. The van der Waals surface area contributed by atoms with E-state index in [4.69, 9.17) is 10.00 Å². The van der Waals surface area contributed by atoms with E-state index < -0.39 is 0 Å². The van der Waals surface area contributed by atoms with E-state index in [2.05, 4.69) is 5.32 Å². The van der Waals surface area contributed by atoms with Gasteiger partial charge in [-0.3, -0.25) is 4.79 Å². The maximum absolute atomic E-state index is 12.3. The lowest BCUT2D eigenvalue weighted by molar-refractivity contribution is 0.102. The number of ether oxygens (including phenoxy) is 1. The predicted octanol–water partition coefficient (Wildman–Crippen LogP) is 3.40. The molecule has 1 N–H and O–H groups in total. The Labute approximate surface area is 124 Å². The normalized spacial score (nSPS) is 9.71. The second-order valence-corrected chi connectivity index (χ2v) is 4.44. The van der Waals surface area contributed by atoms with Gasteiger partial charge in [-0.2, -0.15) is 5.26 Å². The molecular weight excluding hydrogens is 264 g/mol. The number of nitrogens with zero attached hydrogens (tertiary/aromatic N) is 1. The number of carbonyl (C=O) groups excluding carboxylic acids is 1. The largest absolute Gasteiger partial charge is 0.479 e. The van der Waals surface area contributed by atoms with Crippen molar-refractivity contribution in [3.8, 4) is 11.8 Å². The number of amides is 1. The van der Waals surface area contributed by atoms with Crippen LogP contribution in [0, 0.1) is 11.3 Å². The van der Waals surface area contributed by atoms with Crippen LogP contribution in [0.4, 0.5) is 5.69 Å². The lowest BCUT2D eigenvalue weighted by Crippen LogP contribution is -2.14. The van der Waals surface area contributed by atoms with Crippen molar-refractivity contribution in [2.45, 2.75) is 13.3 Å². The second-order valence-electron chi connectivity index (χ2n) is 4.44. The monoisotopic (exact) mass is 280 g/mol. The molecule has 106 valence electrons. The van der Waals surface area contributed by atoms with Gasteiger partial charge in [-0.25, -0.2) is 0 Å². The zero-order valence-corrected chi connectivity index (χ0v) is 11.8. The van der Waals surface area contributed by atoms with Crippen molar-refractivity contribution in [2.75, 3.05) is 11.9 Å². The summed E-state index contributed by atoms with van der Waals surface area (Å²) in [6.45, 7) is 2.00. The second kappa shape index (κ2) is 7.11. The van der Waals surface area contributed by atoms with Crippen LogP contribution in [0.2, 0.25) is 0 Å². The highest BCUT2D eigenvalue weighted by Gasteiger charge is 2.10. The lowest BCUT2D eigenvalue weighted by atomic mass is 10.0. The van der Waals surface area contributed by atoms with Crippen LogP contribution in [0.5, 0.6) is 5.75 Å². The van der Waals surface area contributed by atoms with Gasteiger partial charge in [0.05, 0.1) is 0 Å². The van der Waals surface area contributed by atoms with Crippen molar-refractivity contribution in [3.63, 3.8) is 0 Å². The van der Waals surface area contributed by atoms with E-state index in [1.165, 1.54) is 0 Å². The van der Waals surface area contributed by atoms with Gasteiger partial charge in [0.2, 0.25) is 0 Å². The Morgan fingerprint density at radius 2 is 2.05 bits per heavy atom. The summed E-state index contributed by atoms with van der Waals surface area (Å²) in [7, 11) is 0. The quantitative estimate of drug-likeness (QED) is 0.913. The van der Waals surface area contributed by atoms with E-state index in [1.807, 2.05) is 37.3 Å². The minimum atomic E-state index is -0.148. The molecule has 0 atom stereocenters. The number of carbonyl (C=O) groups is 1. The van der Waals surface area contributed by atoms with Crippen LogP contribution < -0.4 is 10.1 Å². The number of anilines is 1. The van der Waals surface area contributed by atoms with Crippen LogP contribution in [0.1, 0.15) is 22.8 Å². The van der Waals surface area contributed by atoms with Crippen molar-refractivity contribution < 1.29 is 9.53 Å². The molecule has 0 aromatic heterocycles. The fraction of sp³-hybridized carbons (Fsp3) is 0.176. The molecule has 2 aromatic carbocycles. The average molecular weight is 280 g/mol. The van der Waals surface area contributed by atoms with E-state index in [1.54, 1.807) is 24.3 Å². The predicted molar refractivity (Wildman–Crippen MR) is 81.3 cm³/mol. The molecule has 0 saturated heterocycles. The summed E-state index contributed by atoms with van der Waals surface area (Å²) in [6, 6.07) is 16.4. The molecule has 0 unspecified atom stereocenters. The van der Waals surface area contributed by atoms with Crippen LogP contribution in [0.15, 0.2) is 48.5 Å². The van der Waals surface area contributed by atoms with Gasteiger partial charge in [0.15, 0.2) is 6.61 Å². The molecule has 21 heavy (non-hydrogen) atoms. The molecule has 2 aromatic rings. The number of benzene rings is 2. The maximum Gasteiger partial charge on any atom is 0.255 e. The number of hydrogen-bond acceptors (Lipinski definition) is 3. The van der Waals surface area contributed by atoms with Crippen LogP contribution >= 0.6 is 0 Å². The molecule has 0 aliphatic rings. The summed E-state index contributed by atoms with van der Waals surface area (Å²) in [4.78, 5) is 12.3. The summed E-state index contributed by atoms with van der Waals surface area (Å²) in [5.74, 6) is 0.406. The van der Waals surface area contributed by atoms with Gasteiger partial charge in [-0.15, -0.1) is 0 Å². The van der Waals surface area contributed by atoms with Gasteiger partial charge >= 0.3 is 0 Å². The molecule has 2 rings (SSSR count). The maximum atomic E-state index is 12.3. The fourth-order valence-corrected chi connectivity index (χ4v) is 2.03. The summed E-state index contributed by atoms with van der Waals surface area (Å²) in [5, 5.41) is 11.4. The molecule has 0 radical (unpaired) electrons. The van der Waals surface area contributed by atoms with Crippen molar-refractivity contribution in [2.24, 2.45) is 0 Å². The van der Waals surface area contributed by atoms with E-state index in [0.29, 0.717) is 17.0 Å². The Hall–Kier alpha value is -2.80. The Morgan fingerprint density at radius 1 is 1.24 bits per heavy atom. The van der Waals surface area contributed by atoms with Gasteiger partial charge in [0.1, 0.15) is 11.8 Å². The van der Waals surface area contributed by atoms with Crippen LogP contribution in [0.3, 0.4) is 0 Å². The molecule has 0 spiro atoms. The Kier molecular flexibility index (Phi) is 4.94. The summed E-state index contributed by atoms with van der Waals surface area (Å²) in [6.07, 6.45) is 0.801. The van der Waals surface area contributed by atoms with E-state index in [0.717, 1.165) is 12.0 Å². The lowest BCUT2D eigenvalue weighted by Gasteiger charge is -2.10. The molecule has 4 nitrogen and oxygen atoms in total. The zero-order chi connectivity index (χ0) is 15.1. The third-order valence-corrected chi connectivity index (χ3v) is 3.04. The molecule has 0 aliphatic carbocycles. The van der Waals surface area contributed by atoms with Gasteiger partial charge in [0, 0.05) is 17.3 Å². The average Bonchev–Trinajstić information content (AvgIpc) is 2.53. The van der Waals surface area contributed by atoms with Gasteiger partial charge in [-0.05, 0) is 30.2 Å². The minimum absolute atomic E-state index is 0.0178. The first-order valence-corrected chi connectivity index (χ1v) is 6.73. The first-order valence-electron chi connectivity index (χ1n) is 6.73. The van der Waals surface area contributed by atoms with Gasteiger partial charge in [0.25, 0.3) is 5.91 Å². The number of nitrogens with one attached hydrogen (secondary N) is 1.